The van der Waals surface area contributed by atoms with E-state index in [1.807, 2.05) is 24.3 Å². The summed E-state index contributed by atoms with van der Waals surface area (Å²) in [5, 5.41) is 3.53. The molecule has 2 rings (SSSR count). The van der Waals surface area contributed by atoms with Crippen molar-refractivity contribution in [3.8, 4) is 5.75 Å². The molecule has 1 aliphatic carbocycles. The molecule has 0 saturated heterocycles. The zero-order chi connectivity index (χ0) is 15.7. The maximum atomic E-state index is 10.6. The summed E-state index contributed by atoms with van der Waals surface area (Å²) in [6, 6.07) is 7.74. The van der Waals surface area contributed by atoms with Gasteiger partial charge < -0.3 is 15.8 Å². The molecule has 0 heterocycles. The van der Waals surface area contributed by atoms with Crippen molar-refractivity contribution in [2.24, 2.45) is 22.5 Å². The van der Waals surface area contributed by atoms with Gasteiger partial charge in [-0.15, -0.1) is 0 Å². The van der Waals surface area contributed by atoms with Crippen LogP contribution in [0.4, 0.5) is 0 Å². The zero-order valence-corrected chi connectivity index (χ0v) is 13.4. The van der Waals surface area contributed by atoms with Crippen molar-refractivity contribution in [2.45, 2.75) is 34.2 Å². The summed E-state index contributed by atoms with van der Waals surface area (Å²) < 4.78 is 5.23. The first-order chi connectivity index (χ1) is 9.75. The fourth-order valence-corrected chi connectivity index (χ4v) is 3.06. The Morgan fingerprint density at radius 2 is 1.76 bits per heavy atom. The smallest absolute Gasteiger partial charge is 0.255 e. The Hall–Kier alpha value is -1.55. The van der Waals surface area contributed by atoms with Crippen molar-refractivity contribution >= 4 is 5.91 Å². The van der Waals surface area contributed by atoms with Crippen LogP contribution in [0.25, 0.3) is 0 Å². The second-order valence-electron chi connectivity index (χ2n) is 7.03. The third-order valence-corrected chi connectivity index (χ3v) is 5.30. The van der Waals surface area contributed by atoms with Crippen LogP contribution in [0.5, 0.6) is 5.75 Å². The van der Waals surface area contributed by atoms with E-state index in [9.17, 15) is 4.79 Å². The number of amides is 1. The van der Waals surface area contributed by atoms with Crippen LogP contribution in [-0.2, 0) is 11.3 Å². The van der Waals surface area contributed by atoms with Crippen LogP contribution in [0.2, 0.25) is 0 Å². The average molecular weight is 290 g/mol. The molecule has 1 aromatic rings. The van der Waals surface area contributed by atoms with Gasteiger partial charge in [-0.3, -0.25) is 4.79 Å². The quantitative estimate of drug-likeness (QED) is 0.810. The Kier molecular flexibility index (Phi) is 4.28. The molecule has 0 bridgehead atoms. The van der Waals surface area contributed by atoms with Crippen LogP contribution < -0.4 is 15.8 Å². The highest BCUT2D eigenvalue weighted by Crippen LogP contribution is 2.67. The largest absolute Gasteiger partial charge is 0.484 e. The van der Waals surface area contributed by atoms with Gasteiger partial charge in [-0.2, -0.15) is 0 Å². The number of carbonyl (C=O) groups excluding carboxylic acids is 1. The summed E-state index contributed by atoms with van der Waals surface area (Å²) in [7, 11) is 0. The van der Waals surface area contributed by atoms with E-state index in [-0.39, 0.29) is 6.61 Å². The van der Waals surface area contributed by atoms with E-state index in [0.29, 0.717) is 16.6 Å². The van der Waals surface area contributed by atoms with E-state index in [0.717, 1.165) is 19.0 Å². The summed E-state index contributed by atoms with van der Waals surface area (Å²) >= 11 is 0. The van der Waals surface area contributed by atoms with Crippen LogP contribution in [0.3, 0.4) is 0 Å². The minimum absolute atomic E-state index is 0.0799. The number of carbonyl (C=O) groups is 1. The molecule has 21 heavy (non-hydrogen) atoms. The molecule has 0 unspecified atom stereocenters. The Labute approximate surface area is 127 Å². The van der Waals surface area contributed by atoms with E-state index in [2.05, 4.69) is 33.0 Å². The highest BCUT2D eigenvalue weighted by atomic mass is 16.5. The van der Waals surface area contributed by atoms with E-state index >= 15 is 0 Å². The number of rotatable bonds is 7. The first-order valence-electron chi connectivity index (χ1n) is 7.46. The molecule has 0 aliphatic heterocycles. The maximum Gasteiger partial charge on any atom is 0.255 e. The number of ether oxygens (including phenoxy) is 1. The molecular formula is C17H26N2O2. The van der Waals surface area contributed by atoms with Crippen LogP contribution >= 0.6 is 0 Å². The third kappa shape index (κ3) is 3.38. The maximum absolute atomic E-state index is 10.6. The van der Waals surface area contributed by atoms with Crippen LogP contribution in [0.1, 0.15) is 33.3 Å². The lowest BCUT2D eigenvalue weighted by Gasteiger charge is -2.08. The van der Waals surface area contributed by atoms with Gasteiger partial charge in [-0.05, 0) is 41.0 Å². The van der Waals surface area contributed by atoms with Crippen LogP contribution in [0, 0.1) is 16.7 Å². The van der Waals surface area contributed by atoms with Crippen molar-refractivity contribution in [2.75, 3.05) is 13.2 Å². The molecule has 116 valence electrons. The van der Waals surface area contributed by atoms with E-state index < -0.39 is 5.91 Å². The lowest BCUT2D eigenvalue weighted by atomic mass is 10.0. The van der Waals surface area contributed by atoms with E-state index in [1.165, 1.54) is 5.56 Å². The lowest BCUT2D eigenvalue weighted by Crippen LogP contribution is -2.20. The number of hydrogen-bond acceptors (Lipinski definition) is 3. The molecule has 1 fully saturated rings. The number of nitrogens with two attached hydrogens (primary N) is 1. The predicted octanol–water partition coefficient (Wildman–Crippen LogP) is 2.32. The highest BCUT2D eigenvalue weighted by Gasteiger charge is 2.63. The van der Waals surface area contributed by atoms with E-state index in [1.54, 1.807) is 0 Å². The molecule has 4 nitrogen and oxygen atoms in total. The van der Waals surface area contributed by atoms with Crippen molar-refractivity contribution in [1.82, 2.24) is 5.32 Å². The van der Waals surface area contributed by atoms with Gasteiger partial charge in [0.2, 0.25) is 0 Å². The van der Waals surface area contributed by atoms with Crippen LogP contribution in [0.15, 0.2) is 24.3 Å². The molecule has 0 radical (unpaired) electrons. The molecule has 1 amide bonds. The molecular weight excluding hydrogens is 264 g/mol. The van der Waals surface area contributed by atoms with Crippen molar-refractivity contribution in [1.29, 1.82) is 0 Å². The summed E-state index contributed by atoms with van der Waals surface area (Å²) in [5.74, 6) is 0.931. The third-order valence-electron chi connectivity index (χ3n) is 5.30. The van der Waals surface area contributed by atoms with E-state index in [4.69, 9.17) is 10.5 Å². The molecule has 1 saturated carbocycles. The molecule has 4 heteroatoms. The Morgan fingerprint density at radius 3 is 2.24 bits per heavy atom. The standard InChI is InChI=1S/C17H26N2O2/c1-16(2)14(17(16,3)4)10-19-9-12-5-7-13(8-6-12)21-11-15(18)20/h5-8,14,19H,9-11H2,1-4H3,(H2,18,20). The Bertz CT molecular complexity index is 492. The van der Waals surface area contributed by atoms with Gasteiger partial charge in [-0.1, -0.05) is 39.8 Å². The first-order valence-corrected chi connectivity index (χ1v) is 7.46. The fraction of sp³-hybridized carbons (Fsp3) is 0.588. The average Bonchev–Trinajstić information content (AvgIpc) is 2.80. The second kappa shape index (κ2) is 5.68. The van der Waals surface area contributed by atoms with Gasteiger partial charge in [0, 0.05) is 6.54 Å². The first kappa shape index (κ1) is 15.8. The zero-order valence-electron chi connectivity index (χ0n) is 13.4. The molecule has 3 N–H and O–H groups in total. The normalized spacial score (nSPS) is 19.2. The summed E-state index contributed by atoms with van der Waals surface area (Å²) in [6.07, 6.45) is 0. The van der Waals surface area contributed by atoms with Gasteiger partial charge in [0.1, 0.15) is 5.75 Å². The summed E-state index contributed by atoms with van der Waals surface area (Å²) in [4.78, 5) is 10.6. The number of hydrogen-bond donors (Lipinski definition) is 2. The number of nitrogens with one attached hydrogen (secondary N) is 1. The monoisotopic (exact) mass is 290 g/mol. The fourth-order valence-electron chi connectivity index (χ4n) is 3.06. The molecule has 0 spiro atoms. The van der Waals surface area contributed by atoms with Crippen molar-refractivity contribution < 1.29 is 9.53 Å². The lowest BCUT2D eigenvalue weighted by molar-refractivity contribution is -0.119. The summed E-state index contributed by atoms with van der Waals surface area (Å²) in [5.41, 5.74) is 7.09. The summed E-state index contributed by atoms with van der Waals surface area (Å²) in [6.45, 7) is 11.2. The van der Waals surface area contributed by atoms with Gasteiger partial charge in [-0.25, -0.2) is 0 Å². The molecule has 0 atom stereocenters. The Morgan fingerprint density at radius 1 is 1.19 bits per heavy atom. The predicted molar refractivity (Wildman–Crippen MR) is 83.9 cm³/mol. The number of primary amides is 1. The topological polar surface area (TPSA) is 64.3 Å². The van der Waals surface area contributed by atoms with Gasteiger partial charge >= 0.3 is 0 Å². The minimum Gasteiger partial charge on any atom is -0.484 e. The SMILES string of the molecule is CC1(C)C(CNCc2ccc(OCC(N)=O)cc2)C1(C)C. The van der Waals surface area contributed by atoms with Crippen molar-refractivity contribution in [3.63, 3.8) is 0 Å². The molecule has 1 aromatic carbocycles. The van der Waals surface area contributed by atoms with Crippen molar-refractivity contribution in [3.05, 3.63) is 29.8 Å². The van der Waals surface area contributed by atoms with Gasteiger partial charge in [0.15, 0.2) is 6.61 Å². The molecule has 0 aromatic heterocycles. The minimum atomic E-state index is -0.463. The van der Waals surface area contributed by atoms with Crippen LogP contribution in [-0.4, -0.2) is 19.1 Å². The molecule has 1 aliphatic rings. The number of benzene rings is 1. The Balaban J connectivity index is 1.76. The van der Waals surface area contributed by atoms with Gasteiger partial charge in [0.05, 0.1) is 0 Å². The second-order valence-corrected chi connectivity index (χ2v) is 7.03. The highest BCUT2D eigenvalue weighted by molar-refractivity contribution is 5.75. The van der Waals surface area contributed by atoms with Gasteiger partial charge in [0.25, 0.3) is 5.91 Å².